The minimum absolute atomic E-state index is 0.0575. The molecule has 4 nitrogen and oxygen atoms in total. The van der Waals surface area contributed by atoms with E-state index in [0.29, 0.717) is 16.5 Å². The highest BCUT2D eigenvalue weighted by atomic mass is 35.5. The van der Waals surface area contributed by atoms with Gasteiger partial charge >= 0.3 is 0 Å². The van der Waals surface area contributed by atoms with E-state index in [0.717, 1.165) is 11.8 Å². The van der Waals surface area contributed by atoms with Gasteiger partial charge in [0.1, 0.15) is 0 Å². The molecule has 0 aliphatic heterocycles. The van der Waals surface area contributed by atoms with Crippen LogP contribution >= 0.6 is 23.2 Å². The highest BCUT2D eigenvalue weighted by Gasteiger charge is 2.45. The minimum Gasteiger partial charge on any atom is -0.274 e. The summed E-state index contributed by atoms with van der Waals surface area (Å²) in [6, 6.07) is 5.22. The topological polar surface area (TPSA) is 63.2 Å². The Morgan fingerprint density at radius 1 is 1.39 bits per heavy atom. The van der Waals surface area contributed by atoms with Crippen LogP contribution < -0.4 is 4.72 Å². The number of carbonyl (C=O) groups is 1. The van der Waals surface area contributed by atoms with Gasteiger partial charge in [-0.05, 0) is 24.0 Å². The van der Waals surface area contributed by atoms with Gasteiger partial charge in [0, 0.05) is 5.92 Å². The Balaban J connectivity index is 2.12. The first-order valence-electron chi connectivity index (χ1n) is 5.25. The van der Waals surface area contributed by atoms with Gasteiger partial charge in [0.25, 0.3) is 0 Å². The minimum atomic E-state index is -3.51. The zero-order valence-corrected chi connectivity index (χ0v) is 11.8. The van der Waals surface area contributed by atoms with Crippen molar-refractivity contribution < 1.29 is 13.2 Å². The van der Waals surface area contributed by atoms with Crippen LogP contribution in [0.2, 0.25) is 10.0 Å². The molecule has 0 spiro atoms. The monoisotopic (exact) mass is 307 g/mol. The normalized spacial score (nSPS) is 22.6. The quantitative estimate of drug-likeness (QED) is 0.931. The maximum atomic E-state index is 11.6. The van der Waals surface area contributed by atoms with E-state index in [1.54, 1.807) is 18.2 Å². The Morgan fingerprint density at radius 3 is 2.67 bits per heavy atom. The van der Waals surface area contributed by atoms with Crippen LogP contribution in [0.5, 0.6) is 0 Å². The molecule has 0 aromatic heterocycles. The van der Waals surface area contributed by atoms with Crippen molar-refractivity contribution >= 4 is 39.1 Å². The zero-order chi connectivity index (χ0) is 13.5. The second-order valence-electron chi connectivity index (χ2n) is 4.33. The molecule has 1 fully saturated rings. The fourth-order valence-electron chi connectivity index (χ4n) is 1.89. The SMILES string of the molecule is CS(=O)(=O)NC(=O)[C@H]1C[C@H]1c1cccc(Cl)c1Cl. The summed E-state index contributed by atoms with van der Waals surface area (Å²) < 4.78 is 23.9. The van der Waals surface area contributed by atoms with E-state index in [-0.39, 0.29) is 11.8 Å². The molecule has 1 aliphatic carbocycles. The van der Waals surface area contributed by atoms with Gasteiger partial charge in [-0.25, -0.2) is 8.42 Å². The van der Waals surface area contributed by atoms with Gasteiger partial charge in [0.05, 0.1) is 16.3 Å². The molecule has 1 aromatic rings. The lowest BCUT2D eigenvalue weighted by Gasteiger charge is -2.05. The average Bonchev–Trinajstić information content (AvgIpc) is 2.99. The van der Waals surface area contributed by atoms with Crippen molar-refractivity contribution in [2.24, 2.45) is 5.92 Å². The number of halogens is 2. The molecule has 1 saturated carbocycles. The highest BCUT2D eigenvalue weighted by Crippen LogP contribution is 2.50. The molecule has 18 heavy (non-hydrogen) atoms. The first kappa shape index (κ1) is 13.6. The largest absolute Gasteiger partial charge is 0.274 e. The predicted octanol–water partition coefficient (Wildman–Crippen LogP) is 2.17. The molecule has 1 N–H and O–H groups in total. The van der Waals surface area contributed by atoms with E-state index in [2.05, 4.69) is 0 Å². The van der Waals surface area contributed by atoms with Crippen LogP contribution in [-0.2, 0) is 14.8 Å². The summed E-state index contributed by atoms with van der Waals surface area (Å²) in [7, 11) is -3.51. The summed E-state index contributed by atoms with van der Waals surface area (Å²) in [5.41, 5.74) is 0.790. The van der Waals surface area contributed by atoms with Crippen LogP contribution in [0.1, 0.15) is 17.9 Å². The molecular formula is C11H11Cl2NO3S. The number of benzene rings is 1. The van der Waals surface area contributed by atoms with Gasteiger partial charge in [0.2, 0.25) is 15.9 Å². The fraction of sp³-hybridized carbons (Fsp3) is 0.364. The molecule has 0 unspecified atom stereocenters. The maximum Gasteiger partial charge on any atom is 0.237 e. The van der Waals surface area contributed by atoms with E-state index in [4.69, 9.17) is 23.2 Å². The zero-order valence-electron chi connectivity index (χ0n) is 9.48. The summed E-state index contributed by atoms with van der Waals surface area (Å²) in [6.07, 6.45) is 1.54. The summed E-state index contributed by atoms with van der Waals surface area (Å²) in [5, 5.41) is 0.863. The number of rotatable bonds is 3. The Bertz CT molecular complexity index is 600. The van der Waals surface area contributed by atoms with Crippen molar-refractivity contribution in [2.45, 2.75) is 12.3 Å². The standard InChI is InChI=1S/C11H11Cl2NO3S/c1-18(16,17)14-11(15)8-5-7(8)6-3-2-4-9(12)10(6)13/h2-4,7-8H,5H2,1H3,(H,14,15)/t7-,8-/m0/s1. The van der Waals surface area contributed by atoms with Gasteiger partial charge in [-0.1, -0.05) is 35.3 Å². The molecule has 7 heteroatoms. The lowest BCUT2D eigenvalue weighted by molar-refractivity contribution is -0.120. The van der Waals surface area contributed by atoms with E-state index in [9.17, 15) is 13.2 Å². The number of carbonyl (C=O) groups excluding carboxylic acids is 1. The van der Waals surface area contributed by atoms with Crippen LogP contribution in [0.25, 0.3) is 0 Å². The Morgan fingerprint density at radius 2 is 2.06 bits per heavy atom. The number of hydrogen-bond acceptors (Lipinski definition) is 3. The molecular weight excluding hydrogens is 297 g/mol. The van der Waals surface area contributed by atoms with Crippen LogP contribution in [0.3, 0.4) is 0 Å². The summed E-state index contributed by atoms with van der Waals surface area (Å²) >= 11 is 11.9. The van der Waals surface area contributed by atoms with Crippen LogP contribution in [0.15, 0.2) is 18.2 Å². The van der Waals surface area contributed by atoms with Gasteiger partial charge in [-0.2, -0.15) is 0 Å². The van der Waals surface area contributed by atoms with Crippen LogP contribution in [-0.4, -0.2) is 20.6 Å². The molecule has 0 radical (unpaired) electrons. The molecule has 0 saturated heterocycles. The maximum absolute atomic E-state index is 11.6. The third-order valence-electron chi connectivity index (χ3n) is 2.79. The smallest absolute Gasteiger partial charge is 0.237 e. The Labute approximate surface area is 115 Å². The van der Waals surface area contributed by atoms with Crippen LogP contribution in [0, 0.1) is 5.92 Å². The van der Waals surface area contributed by atoms with Crippen molar-refractivity contribution in [1.82, 2.24) is 4.72 Å². The number of sulfonamides is 1. The molecule has 0 bridgehead atoms. The van der Waals surface area contributed by atoms with E-state index < -0.39 is 15.9 Å². The van der Waals surface area contributed by atoms with Gasteiger partial charge < -0.3 is 0 Å². The third-order valence-corrected chi connectivity index (χ3v) is 4.20. The number of amides is 1. The first-order valence-corrected chi connectivity index (χ1v) is 7.90. The van der Waals surface area contributed by atoms with Crippen molar-refractivity contribution in [2.75, 3.05) is 6.26 Å². The van der Waals surface area contributed by atoms with E-state index >= 15 is 0 Å². The van der Waals surface area contributed by atoms with Gasteiger partial charge in [0.15, 0.2) is 0 Å². The molecule has 0 heterocycles. The Hall–Kier alpha value is -0.780. The number of hydrogen-bond donors (Lipinski definition) is 1. The van der Waals surface area contributed by atoms with E-state index in [1.807, 2.05) is 4.72 Å². The van der Waals surface area contributed by atoms with E-state index in [1.165, 1.54) is 0 Å². The molecule has 2 rings (SSSR count). The third kappa shape index (κ3) is 2.96. The van der Waals surface area contributed by atoms with Crippen molar-refractivity contribution in [3.05, 3.63) is 33.8 Å². The van der Waals surface area contributed by atoms with Crippen molar-refractivity contribution in [3.8, 4) is 0 Å². The second-order valence-corrected chi connectivity index (χ2v) is 6.86. The molecule has 98 valence electrons. The summed E-state index contributed by atoms with van der Waals surface area (Å²) in [4.78, 5) is 11.6. The fourth-order valence-corrected chi connectivity index (χ4v) is 2.86. The Kier molecular flexibility index (Phi) is 3.58. The predicted molar refractivity (Wildman–Crippen MR) is 70.3 cm³/mol. The molecule has 2 atom stereocenters. The molecule has 1 aliphatic rings. The summed E-state index contributed by atoms with van der Waals surface area (Å²) in [5.74, 6) is -0.896. The number of nitrogens with one attached hydrogen (secondary N) is 1. The lowest BCUT2D eigenvalue weighted by Crippen LogP contribution is -2.30. The molecule has 1 amide bonds. The van der Waals surface area contributed by atoms with Gasteiger partial charge in [-0.15, -0.1) is 0 Å². The van der Waals surface area contributed by atoms with Crippen LogP contribution in [0.4, 0.5) is 0 Å². The lowest BCUT2D eigenvalue weighted by atomic mass is 10.1. The summed E-state index contributed by atoms with van der Waals surface area (Å²) in [6.45, 7) is 0. The average molecular weight is 308 g/mol. The first-order chi connectivity index (χ1) is 8.29. The molecule has 1 aromatic carbocycles. The van der Waals surface area contributed by atoms with Crippen molar-refractivity contribution in [3.63, 3.8) is 0 Å². The highest BCUT2D eigenvalue weighted by molar-refractivity contribution is 7.89. The second kappa shape index (κ2) is 4.72. The van der Waals surface area contributed by atoms with Gasteiger partial charge in [-0.3, -0.25) is 9.52 Å². The van der Waals surface area contributed by atoms with Crippen molar-refractivity contribution in [1.29, 1.82) is 0 Å².